The summed E-state index contributed by atoms with van der Waals surface area (Å²) in [5, 5.41) is 0. The van der Waals surface area contributed by atoms with Gasteiger partial charge in [-0.05, 0) is 22.9 Å². The van der Waals surface area contributed by atoms with Gasteiger partial charge in [-0.2, -0.15) is 0 Å². The Bertz CT molecular complexity index is 174. The molecule has 0 N–H and O–H groups in total. The van der Waals surface area contributed by atoms with E-state index in [2.05, 4.69) is 36.6 Å². The maximum Gasteiger partial charge on any atom is 0.298 e. The van der Waals surface area contributed by atoms with Gasteiger partial charge in [0.1, 0.15) is 0 Å². The Balaban J connectivity index is 0. The second kappa shape index (κ2) is 10.9. The van der Waals surface area contributed by atoms with Crippen LogP contribution in [0.3, 0.4) is 0 Å². The molecule has 12 heavy (non-hydrogen) atoms. The monoisotopic (exact) mass is 298 g/mol. The van der Waals surface area contributed by atoms with Crippen molar-refractivity contribution in [3.05, 3.63) is 21.3 Å². The largest absolute Gasteiger partial charge is 0.427 e. The Morgan fingerprint density at radius 1 is 1.42 bits per heavy atom. The lowest BCUT2D eigenvalue weighted by Crippen LogP contribution is -1.87. The van der Waals surface area contributed by atoms with Crippen LogP contribution in [0.5, 0.6) is 0 Å². The summed E-state index contributed by atoms with van der Waals surface area (Å²) >= 11 is 6.22. The zero-order chi connectivity index (χ0) is 9.98. The SMILES string of the molecule is C/C=C(Br)\C(=C\Br)OC=O.CC. The lowest BCUT2D eigenvalue weighted by molar-refractivity contribution is -0.124. The molecule has 0 rings (SSSR count). The van der Waals surface area contributed by atoms with Crippen molar-refractivity contribution in [1.29, 1.82) is 0 Å². The average molecular weight is 300 g/mol. The average Bonchev–Trinajstić information content (AvgIpc) is 2.16. The molecule has 0 radical (unpaired) electrons. The second-order valence-corrected chi connectivity index (χ2v) is 2.64. The maximum absolute atomic E-state index is 9.86. The molecule has 0 aromatic rings. The van der Waals surface area contributed by atoms with E-state index in [0.717, 1.165) is 4.48 Å². The van der Waals surface area contributed by atoms with E-state index in [4.69, 9.17) is 0 Å². The summed E-state index contributed by atoms with van der Waals surface area (Å²) in [4.78, 5) is 11.4. The molecule has 0 unspecified atom stereocenters. The molecule has 0 saturated heterocycles. The number of carbonyl (C=O) groups is 1. The lowest BCUT2D eigenvalue weighted by Gasteiger charge is -1.98. The van der Waals surface area contributed by atoms with Gasteiger partial charge in [-0.3, -0.25) is 4.79 Å². The molecule has 0 saturated carbocycles. The summed E-state index contributed by atoms with van der Waals surface area (Å²) in [5.74, 6) is 0.456. The van der Waals surface area contributed by atoms with Crippen molar-refractivity contribution in [2.75, 3.05) is 0 Å². The minimum absolute atomic E-state index is 0.373. The smallest absolute Gasteiger partial charge is 0.298 e. The quantitative estimate of drug-likeness (QED) is 0.451. The van der Waals surface area contributed by atoms with E-state index in [1.165, 1.54) is 4.99 Å². The first-order valence-electron chi connectivity index (χ1n) is 3.49. The molecule has 0 bridgehead atoms. The molecule has 0 amide bonds. The van der Waals surface area contributed by atoms with Crippen LogP contribution in [0.1, 0.15) is 20.8 Å². The van der Waals surface area contributed by atoms with Crippen LogP contribution in [0.4, 0.5) is 0 Å². The van der Waals surface area contributed by atoms with Crippen LogP contribution >= 0.6 is 31.9 Å². The second-order valence-electron chi connectivity index (χ2n) is 1.32. The van der Waals surface area contributed by atoms with Gasteiger partial charge < -0.3 is 4.74 Å². The standard InChI is InChI=1S/C6H6Br2O2.C2H6/c1-2-5(8)6(3-7)10-4-9;1-2/h2-4H,1H3;1-2H3/b5-2+,6-3-;. The first-order valence-corrected chi connectivity index (χ1v) is 5.20. The molecule has 0 atom stereocenters. The van der Waals surface area contributed by atoms with Crippen molar-refractivity contribution in [3.63, 3.8) is 0 Å². The zero-order valence-electron chi connectivity index (χ0n) is 7.30. The van der Waals surface area contributed by atoms with Gasteiger partial charge in [-0.25, -0.2) is 0 Å². The number of hydrogen-bond acceptors (Lipinski definition) is 2. The van der Waals surface area contributed by atoms with Gasteiger partial charge in [0, 0.05) is 4.99 Å². The van der Waals surface area contributed by atoms with Gasteiger partial charge in [0.05, 0.1) is 4.48 Å². The Morgan fingerprint density at radius 3 is 2.17 bits per heavy atom. The van der Waals surface area contributed by atoms with Crippen LogP contribution in [0.15, 0.2) is 21.3 Å². The van der Waals surface area contributed by atoms with Gasteiger partial charge in [0.15, 0.2) is 5.76 Å². The van der Waals surface area contributed by atoms with E-state index >= 15 is 0 Å². The van der Waals surface area contributed by atoms with Crippen LogP contribution in [-0.2, 0) is 9.53 Å². The van der Waals surface area contributed by atoms with Gasteiger partial charge in [-0.15, -0.1) is 0 Å². The van der Waals surface area contributed by atoms with Crippen LogP contribution < -0.4 is 0 Å². The van der Waals surface area contributed by atoms with E-state index in [1.807, 2.05) is 20.8 Å². The summed E-state index contributed by atoms with van der Waals surface area (Å²) in [7, 11) is 0. The molecule has 0 aromatic carbocycles. The highest BCUT2D eigenvalue weighted by atomic mass is 79.9. The number of halogens is 2. The first kappa shape index (κ1) is 14.4. The Kier molecular flexibility index (Phi) is 13.1. The lowest BCUT2D eigenvalue weighted by atomic mass is 10.5. The molecule has 0 aliphatic carbocycles. The predicted molar refractivity (Wildman–Crippen MR) is 58.2 cm³/mol. The molecule has 0 heterocycles. The fourth-order valence-corrected chi connectivity index (χ4v) is 1.20. The molecule has 70 valence electrons. The van der Waals surface area contributed by atoms with Crippen molar-refractivity contribution in [1.82, 2.24) is 0 Å². The van der Waals surface area contributed by atoms with Crippen LogP contribution in [0, 0.1) is 0 Å². The van der Waals surface area contributed by atoms with E-state index in [0.29, 0.717) is 12.2 Å². The molecular formula is C8H12Br2O2. The highest BCUT2D eigenvalue weighted by Gasteiger charge is 1.98. The van der Waals surface area contributed by atoms with Crippen molar-refractivity contribution in [2.45, 2.75) is 20.8 Å². The summed E-state index contributed by atoms with van der Waals surface area (Å²) < 4.78 is 5.30. The molecule has 2 nitrogen and oxygen atoms in total. The molecule has 0 aliphatic rings. The summed E-state index contributed by atoms with van der Waals surface area (Å²) in [5.41, 5.74) is 0. The fraction of sp³-hybridized carbons (Fsp3) is 0.375. The molecule has 4 heteroatoms. The number of rotatable bonds is 3. The van der Waals surface area contributed by atoms with Crippen LogP contribution in [0.2, 0.25) is 0 Å². The molecule has 0 fully saturated rings. The minimum Gasteiger partial charge on any atom is -0.427 e. The van der Waals surface area contributed by atoms with Crippen LogP contribution in [0.25, 0.3) is 0 Å². The Labute approximate surface area is 89.9 Å². The minimum atomic E-state index is 0.373. The zero-order valence-corrected chi connectivity index (χ0v) is 10.5. The topological polar surface area (TPSA) is 26.3 Å². The first-order chi connectivity index (χ1) is 5.76. The highest BCUT2D eigenvalue weighted by molar-refractivity contribution is 9.12. The molecule has 0 aromatic heterocycles. The normalized spacial score (nSPS) is 11.4. The summed E-state index contributed by atoms with van der Waals surface area (Å²) in [6.07, 6.45) is 1.77. The third-order valence-corrected chi connectivity index (χ3v) is 2.03. The summed E-state index contributed by atoms with van der Waals surface area (Å²) in [6, 6.07) is 0. The van der Waals surface area contributed by atoms with Crippen molar-refractivity contribution < 1.29 is 9.53 Å². The van der Waals surface area contributed by atoms with Gasteiger partial charge in [0.25, 0.3) is 6.47 Å². The number of carbonyl (C=O) groups excluding carboxylic acids is 1. The predicted octanol–water partition coefficient (Wildman–Crippen LogP) is 3.72. The maximum atomic E-state index is 9.86. The molecule has 0 spiro atoms. The third kappa shape index (κ3) is 6.61. The van der Waals surface area contributed by atoms with Crippen molar-refractivity contribution in [2.24, 2.45) is 0 Å². The van der Waals surface area contributed by atoms with E-state index < -0.39 is 0 Å². The van der Waals surface area contributed by atoms with Crippen molar-refractivity contribution in [3.8, 4) is 0 Å². The Hall–Kier alpha value is -0.0900. The van der Waals surface area contributed by atoms with Gasteiger partial charge >= 0.3 is 0 Å². The highest BCUT2D eigenvalue weighted by Crippen LogP contribution is 2.18. The number of ether oxygens (including phenoxy) is 1. The number of hydrogen-bond donors (Lipinski definition) is 0. The summed E-state index contributed by atoms with van der Waals surface area (Å²) in [6.45, 7) is 6.20. The van der Waals surface area contributed by atoms with Crippen molar-refractivity contribution >= 4 is 38.3 Å². The van der Waals surface area contributed by atoms with E-state index in [9.17, 15) is 4.79 Å². The number of allylic oxidation sites excluding steroid dienone is 2. The molecule has 0 aliphatic heterocycles. The van der Waals surface area contributed by atoms with E-state index in [1.54, 1.807) is 6.08 Å². The van der Waals surface area contributed by atoms with Crippen LogP contribution in [-0.4, -0.2) is 6.47 Å². The van der Waals surface area contributed by atoms with Gasteiger partial charge in [0.2, 0.25) is 0 Å². The van der Waals surface area contributed by atoms with Gasteiger partial charge in [-0.1, -0.05) is 35.9 Å². The Morgan fingerprint density at radius 2 is 1.92 bits per heavy atom. The third-order valence-electron chi connectivity index (χ3n) is 0.763. The molecular weight excluding hydrogens is 288 g/mol. The fourth-order valence-electron chi connectivity index (χ4n) is 0.328. The van der Waals surface area contributed by atoms with E-state index in [-0.39, 0.29) is 0 Å².